The number of carboxylic acid groups (broad SMARTS) is 1. The number of carboxylic acids is 1. The van der Waals surface area contributed by atoms with Crippen molar-refractivity contribution in [2.75, 3.05) is 0 Å². The van der Waals surface area contributed by atoms with Crippen molar-refractivity contribution in [1.29, 1.82) is 0 Å². The molecule has 2 aromatic carbocycles. The molecule has 0 spiro atoms. The summed E-state index contributed by atoms with van der Waals surface area (Å²) in [6, 6.07) is 14.6. The maximum absolute atomic E-state index is 12.0. The van der Waals surface area contributed by atoms with Crippen LogP contribution < -0.4 is 0 Å². The van der Waals surface area contributed by atoms with Crippen LogP contribution in [0, 0.1) is 0 Å². The van der Waals surface area contributed by atoms with Crippen LogP contribution in [0.25, 0.3) is 6.08 Å². The lowest BCUT2D eigenvalue weighted by atomic mass is 10.00. The Morgan fingerprint density at radius 1 is 1.09 bits per heavy atom. The van der Waals surface area contributed by atoms with E-state index in [1.54, 1.807) is 24.3 Å². The van der Waals surface area contributed by atoms with Gasteiger partial charge in [0.2, 0.25) is 0 Å². The van der Waals surface area contributed by atoms with E-state index >= 15 is 0 Å². The van der Waals surface area contributed by atoms with Gasteiger partial charge in [-0.3, -0.25) is 4.79 Å². The van der Waals surface area contributed by atoms with Crippen molar-refractivity contribution in [1.82, 2.24) is 0 Å². The van der Waals surface area contributed by atoms with Crippen molar-refractivity contribution >= 4 is 17.8 Å². The lowest BCUT2D eigenvalue weighted by molar-refractivity contribution is -0.113. The molecule has 0 radical (unpaired) electrons. The maximum atomic E-state index is 12.0. The third-order valence-corrected chi connectivity index (χ3v) is 3.62. The van der Waals surface area contributed by atoms with Crippen LogP contribution in [0.1, 0.15) is 46.8 Å². The summed E-state index contributed by atoms with van der Waals surface area (Å²) in [4.78, 5) is 22.9. The van der Waals surface area contributed by atoms with Crippen LogP contribution in [-0.2, 0) is 11.2 Å². The van der Waals surface area contributed by atoms with E-state index in [0.29, 0.717) is 17.9 Å². The highest BCUT2D eigenvalue weighted by Gasteiger charge is 2.04. The zero-order valence-electron chi connectivity index (χ0n) is 13.3. The molecular formula is C20H20O3. The Morgan fingerprint density at radius 2 is 1.78 bits per heavy atom. The Labute approximate surface area is 136 Å². The van der Waals surface area contributed by atoms with Gasteiger partial charge in [0.05, 0.1) is 5.56 Å². The van der Waals surface area contributed by atoms with Gasteiger partial charge in [-0.25, -0.2) is 4.79 Å². The molecule has 0 atom stereocenters. The fourth-order valence-electron chi connectivity index (χ4n) is 2.25. The van der Waals surface area contributed by atoms with E-state index in [-0.39, 0.29) is 11.3 Å². The first-order chi connectivity index (χ1) is 11.0. The third-order valence-electron chi connectivity index (χ3n) is 3.62. The summed E-state index contributed by atoms with van der Waals surface area (Å²) >= 11 is 0. The predicted molar refractivity (Wildman–Crippen MR) is 91.7 cm³/mol. The molecule has 1 N–H and O–H groups in total. The van der Waals surface area contributed by atoms with E-state index in [2.05, 4.69) is 13.8 Å². The van der Waals surface area contributed by atoms with Crippen LogP contribution in [0.4, 0.5) is 0 Å². The predicted octanol–water partition coefficient (Wildman–Crippen LogP) is 4.33. The van der Waals surface area contributed by atoms with E-state index in [1.807, 2.05) is 24.3 Å². The van der Waals surface area contributed by atoms with Gasteiger partial charge in [-0.2, -0.15) is 0 Å². The van der Waals surface area contributed by atoms with Crippen LogP contribution in [0.3, 0.4) is 0 Å². The second-order valence-corrected chi connectivity index (χ2v) is 5.80. The molecule has 0 aliphatic rings. The first-order valence-electron chi connectivity index (χ1n) is 7.59. The average molecular weight is 308 g/mol. The van der Waals surface area contributed by atoms with Crippen LogP contribution in [0.15, 0.2) is 54.6 Å². The Kier molecular flexibility index (Phi) is 5.47. The molecular weight excluding hydrogens is 288 g/mol. The Bertz CT molecular complexity index is 725. The molecule has 3 heteroatoms. The third kappa shape index (κ3) is 4.92. The molecule has 2 rings (SSSR count). The standard InChI is InChI=1S/C20H20O3/c1-14(2)17-9-6-16(7-10-17)13-19(21)11-8-15-4-3-5-18(12-15)20(22)23/h3-12,14H,13H2,1-2H3,(H,22,23)/b11-8+. The second-order valence-electron chi connectivity index (χ2n) is 5.80. The number of benzene rings is 2. The van der Waals surface area contributed by atoms with E-state index in [9.17, 15) is 9.59 Å². The van der Waals surface area contributed by atoms with E-state index in [4.69, 9.17) is 5.11 Å². The van der Waals surface area contributed by atoms with Gasteiger partial charge in [0.15, 0.2) is 5.78 Å². The number of allylic oxidation sites excluding steroid dienone is 1. The van der Waals surface area contributed by atoms with Crippen LogP contribution in [0.2, 0.25) is 0 Å². The average Bonchev–Trinajstić information content (AvgIpc) is 2.53. The number of hydrogen-bond acceptors (Lipinski definition) is 2. The van der Waals surface area contributed by atoms with Gasteiger partial charge in [0.1, 0.15) is 0 Å². The van der Waals surface area contributed by atoms with Crippen LogP contribution in [0.5, 0.6) is 0 Å². The van der Waals surface area contributed by atoms with Crippen molar-refractivity contribution in [2.24, 2.45) is 0 Å². The number of rotatable bonds is 6. The summed E-state index contributed by atoms with van der Waals surface area (Å²) in [5.41, 5.74) is 3.14. The minimum Gasteiger partial charge on any atom is -0.478 e. The zero-order valence-corrected chi connectivity index (χ0v) is 13.3. The minimum atomic E-state index is -0.975. The van der Waals surface area contributed by atoms with E-state index in [1.165, 1.54) is 17.7 Å². The number of ketones is 1. The van der Waals surface area contributed by atoms with Crippen molar-refractivity contribution < 1.29 is 14.7 Å². The Morgan fingerprint density at radius 3 is 2.39 bits per heavy atom. The lowest BCUT2D eigenvalue weighted by Gasteiger charge is -2.05. The summed E-state index contributed by atoms with van der Waals surface area (Å²) in [5.74, 6) is -0.513. The van der Waals surface area contributed by atoms with Gasteiger partial charge in [0, 0.05) is 6.42 Å². The fraction of sp³-hybridized carbons (Fsp3) is 0.200. The maximum Gasteiger partial charge on any atom is 0.335 e. The number of aromatic carboxylic acids is 1. The van der Waals surface area contributed by atoms with Gasteiger partial charge in [-0.15, -0.1) is 0 Å². The molecule has 0 aromatic heterocycles. The van der Waals surface area contributed by atoms with Gasteiger partial charge in [0.25, 0.3) is 0 Å². The first kappa shape index (κ1) is 16.7. The molecule has 3 nitrogen and oxygen atoms in total. The fourth-order valence-corrected chi connectivity index (χ4v) is 2.25. The van der Waals surface area contributed by atoms with Crippen LogP contribution >= 0.6 is 0 Å². The molecule has 0 saturated heterocycles. The van der Waals surface area contributed by atoms with Crippen molar-refractivity contribution in [2.45, 2.75) is 26.2 Å². The highest BCUT2D eigenvalue weighted by Crippen LogP contribution is 2.15. The van der Waals surface area contributed by atoms with Gasteiger partial charge < -0.3 is 5.11 Å². The Balaban J connectivity index is 2.01. The highest BCUT2D eigenvalue weighted by atomic mass is 16.4. The first-order valence-corrected chi connectivity index (χ1v) is 7.59. The smallest absolute Gasteiger partial charge is 0.335 e. The molecule has 0 unspecified atom stereocenters. The minimum absolute atomic E-state index is 0.0111. The molecule has 0 amide bonds. The summed E-state index contributed by atoms with van der Waals surface area (Å²) in [7, 11) is 0. The van der Waals surface area contributed by atoms with Crippen LogP contribution in [-0.4, -0.2) is 16.9 Å². The van der Waals surface area contributed by atoms with Gasteiger partial charge in [-0.1, -0.05) is 56.3 Å². The molecule has 118 valence electrons. The second kappa shape index (κ2) is 7.54. The highest BCUT2D eigenvalue weighted by molar-refractivity contribution is 5.95. The van der Waals surface area contributed by atoms with E-state index in [0.717, 1.165) is 5.56 Å². The number of hydrogen-bond donors (Lipinski definition) is 1. The SMILES string of the molecule is CC(C)c1ccc(CC(=O)/C=C/c2cccc(C(=O)O)c2)cc1. The molecule has 0 bridgehead atoms. The van der Waals surface area contributed by atoms with Crippen molar-refractivity contribution in [3.8, 4) is 0 Å². The summed E-state index contributed by atoms with van der Waals surface area (Å²) < 4.78 is 0. The summed E-state index contributed by atoms with van der Waals surface area (Å²) in [6.07, 6.45) is 3.49. The largest absolute Gasteiger partial charge is 0.478 e. The van der Waals surface area contributed by atoms with Crippen molar-refractivity contribution in [3.63, 3.8) is 0 Å². The lowest BCUT2D eigenvalue weighted by Crippen LogP contribution is -1.99. The van der Waals surface area contributed by atoms with E-state index < -0.39 is 5.97 Å². The number of carbonyl (C=O) groups is 2. The van der Waals surface area contributed by atoms with Gasteiger partial charge >= 0.3 is 5.97 Å². The molecule has 23 heavy (non-hydrogen) atoms. The summed E-state index contributed by atoms with van der Waals surface area (Å²) in [6.45, 7) is 4.27. The quantitative estimate of drug-likeness (QED) is 0.808. The molecule has 0 heterocycles. The number of carbonyl (C=O) groups excluding carboxylic acids is 1. The van der Waals surface area contributed by atoms with Crippen molar-refractivity contribution in [3.05, 3.63) is 76.9 Å². The monoisotopic (exact) mass is 308 g/mol. The molecule has 0 aliphatic heterocycles. The topological polar surface area (TPSA) is 54.4 Å². The summed E-state index contributed by atoms with van der Waals surface area (Å²) in [5, 5.41) is 8.95. The molecule has 0 saturated carbocycles. The molecule has 0 aliphatic carbocycles. The molecule has 2 aromatic rings. The molecule has 0 fully saturated rings. The normalized spacial score (nSPS) is 11.1. The Hall–Kier alpha value is -2.68. The van der Waals surface area contributed by atoms with Gasteiger partial charge in [-0.05, 0) is 40.8 Å². The zero-order chi connectivity index (χ0) is 16.8.